The van der Waals surface area contributed by atoms with Gasteiger partial charge < -0.3 is 4.52 Å². The van der Waals surface area contributed by atoms with Gasteiger partial charge in [0, 0.05) is 32.1 Å². The first kappa shape index (κ1) is 22.9. The predicted octanol–water partition coefficient (Wildman–Crippen LogP) is 3.80. The summed E-state index contributed by atoms with van der Waals surface area (Å²) in [4.78, 5) is 7.18. The minimum absolute atomic E-state index is 0.0396. The molecule has 0 bridgehead atoms. The zero-order valence-corrected chi connectivity index (χ0v) is 20.2. The average molecular weight is 435 g/mol. The highest BCUT2D eigenvalue weighted by Gasteiger charge is 2.34. The summed E-state index contributed by atoms with van der Waals surface area (Å²) in [5.74, 6) is 1.50. The van der Waals surface area contributed by atoms with Crippen molar-refractivity contribution in [3.05, 3.63) is 39.5 Å². The van der Waals surface area contributed by atoms with E-state index in [1.54, 1.807) is 4.31 Å². The lowest BCUT2D eigenvalue weighted by molar-refractivity contribution is 0.124. The number of rotatable bonds is 5. The highest BCUT2D eigenvalue weighted by Crippen LogP contribution is 2.32. The monoisotopic (exact) mass is 434 g/mol. The molecule has 166 valence electrons. The van der Waals surface area contributed by atoms with E-state index in [9.17, 15) is 8.42 Å². The molecule has 30 heavy (non-hydrogen) atoms. The summed E-state index contributed by atoms with van der Waals surface area (Å²) in [7, 11) is -3.55. The number of sulfonamides is 1. The first-order chi connectivity index (χ1) is 14.0. The summed E-state index contributed by atoms with van der Waals surface area (Å²) in [6.45, 7) is 18.1. The lowest BCUT2D eigenvalue weighted by Crippen LogP contribution is -2.49. The Bertz CT molecular complexity index is 1010. The van der Waals surface area contributed by atoms with Crippen LogP contribution in [0.25, 0.3) is 0 Å². The van der Waals surface area contributed by atoms with Gasteiger partial charge in [0.2, 0.25) is 15.9 Å². The van der Waals surface area contributed by atoms with Gasteiger partial charge in [-0.2, -0.15) is 9.29 Å². The molecule has 3 rings (SSSR count). The van der Waals surface area contributed by atoms with Crippen LogP contribution in [0, 0.1) is 34.6 Å². The third-order valence-corrected chi connectivity index (χ3v) is 8.85. The molecule has 0 N–H and O–H groups in total. The SMILES string of the molecule is Cc1c(C)c(C)c(S(=O)(=O)N2CCN([C@@H](C)c3nc(C(C)C)no3)CC2)c(C)c1C. The largest absolute Gasteiger partial charge is 0.338 e. The van der Waals surface area contributed by atoms with Gasteiger partial charge in [0.25, 0.3) is 0 Å². The van der Waals surface area contributed by atoms with E-state index in [1.165, 1.54) is 5.56 Å². The fourth-order valence-electron chi connectivity index (χ4n) is 4.12. The maximum absolute atomic E-state index is 13.5. The fourth-order valence-corrected chi connectivity index (χ4v) is 6.10. The molecule has 2 heterocycles. The smallest absolute Gasteiger partial charge is 0.243 e. The van der Waals surface area contributed by atoms with E-state index in [0.29, 0.717) is 42.8 Å². The lowest BCUT2D eigenvalue weighted by Gasteiger charge is -2.36. The van der Waals surface area contributed by atoms with Crippen LogP contribution < -0.4 is 0 Å². The average Bonchev–Trinajstić information content (AvgIpc) is 3.21. The zero-order valence-electron chi connectivity index (χ0n) is 19.4. The van der Waals surface area contributed by atoms with E-state index in [1.807, 2.05) is 48.5 Å². The van der Waals surface area contributed by atoms with Gasteiger partial charge in [0.05, 0.1) is 10.9 Å². The Hall–Kier alpha value is -1.77. The van der Waals surface area contributed by atoms with Gasteiger partial charge in [-0.05, 0) is 69.4 Å². The quantitative estimate of drug-likeness (QED) is 0.712. The molecule has 0 aliphatic carbocycles. The molecule has 1 fully saturated rings. The maximum atomic E-state index is 13.5. The van der Waals surface area contributed by atoms with Gasteiger partial charge in [-0.25, -0.2) is 8.42 Å². The van der Waals surface area contributed by atoms with Gasteiger partial charge in [-0.3, -0.25) is 4.90 Å². The molecule has 1 atom stereocenters. The van der Waals surface area contributed by atoms with Crippen molar-refractivity contribution in [3.8, 4) is 0 Å². The van der Waals surface area contributed by atoms with Crippen LogP contribution in [-0.2, 0) is 10.0 Å². The van der Waals surface area contributed by atoms with E-state index in [0.717, 1.165) is 22.3 Å². The Balaban J connectivity index is 1.79. The summed E-state index contributed by atoms with van der Waals surface area (Å²) >= 11 is 0. The Kier molecular flexibility index (Phi) is 6.41. The molecule has 7 nitrogen and oxygen atoms in total. The summed E-state index contributed by atoms with van der Waals surface area (Å²) in [6.07, 6.45) is 0. The molecule has 1 saturated heterocycles. The zero-order chi connectivity index (χ0) is 22.4. The van der Waals surface area contributed by atoms with Crippen molar-refractivity contribution in [2.75, 3.05) is 26.2 Å². The Morgan fingerprint density at radius 3 is 1.80 bits per heavy atom. The van der Waals surface area contributed by atoms with Crippen LogP contribution in [0.4, 0.5) is 0 Å². The molecule has 1 aliphatic heterocycles. The Morgan fingerprint density at radius 1 is 0.833 bits per heavy atom. The van der Waals surface area contributed by atoms with E-state index in [2.05, 4.69) is 22.0 Å². The van der Waals surface area contributed by atoms with Crippen molar-refractivity contribution in [1.82, 2.24) is 19.3 Å². The number of hydrogen-bond donors (Lipinski definition) is 0. The predicted molar refractivity (Wildman–Crippen MR) is 117 cm³/mol. The molecule has 2 aromatic rings. The van der Waals surface area contributed by atoms with E-state index >= 15 is 0 Å². The molecular weight excluding hydrogens is 400 g/mol. The molecule has 0 radical (unpaired) electrons. The van der Waals surface area contributed by atoms with Gasteiger partial charge in [0.1, 0.15) is 0 Å². The summed E-state index contributed by atoms with van der Waals surface area (Å²) < 4.78 is 34.1. The standard InChI is InChI=1S/C22H34N4O3S/c1-13(2)21-23-22(29-24-21)19(8)25-9-11-26(12-10-25)30(27,28)20-17(6)15(4)14(3)16(5)18(20)7/h13,19H,9-12H2,1-8H3/t19-/m0/s1. The molecule has 0 amide bonds. The van der Waals surface area contributed by atoms with Crippen LogP contribution in [0.5, 0.6) is 0 Å². The molecule has 8 heteroatoms. The molecule has 0 saturated carbocycles. The van der Waals surface area contributed by atoms with Crippen molar-refractivity contribution in [3.63, 3.8) is 0 Å². The summed E-state index contributed by atoms with van der Waals surface area (Å²) in [5.41, 5.74) is 5.00. The Morgan fingerprint density at radius 2 is 1.33 bits per heavy atom. The Labute approximate surface area is 180 Å². The summed E-state index contributed by atoms with van der Waals surface area (Å²) in [5, 5.41) is 4.05. The van der Waals surface area contributed by atoms with Crippen molar-refractivity contribution in [2.24, 2.45) is 0 Å². The number of nitrogens with zero attached hydrogens (tertiary/aromatic N) is 4. The summed E-state index contributed by atoms with van der Waals surface area (Å²) in [6, 6.07) is -0.0396. The highest BCUT2D eigenvalue weighted by atomic mass is 32.2. The van der Waals surface area contributed by atoms with Crippen LogP contribution in [-0.4, -0.2) is 53.9 Å². The molecule has 1 aliphatic rings. The maximum Gasteiger partial charge on any atom is 0.243 e. The van der Waals surface area contributed by atoms with Crippen molar-refractivity contribution >= 4 is 10.0 Å². The van der Waals surface area contributed by atoms with Crippen LogP contribution in [0.2, 0.25) is 0 Å². The van der Waals surface area contributed by atoms with Gasteiger partial charge in [0.15, 0.2) is 5.82 Å². The number of piperazine rings is 1. The first-order valence-corrected chi connectivity index (χ1v) is 12.1. The minimum atomic E-state index is -3.55. The topological polar surface area (TPSA) is 79.5 Å². The highest BCUT2D eigenvalue weighted by molar-refractivity contribution is 7.89. The third-order valence-electron chi connectivity index (χ3n) is 6.68. The van der Waals surface area contributed by atoms with Crippen LogP contribution in [0.15, 0.2) is 9.42 Å². The second kappa shape index (κ2) is 8.40. The lowest BCUT2D eigenvalue weighted by atomic mass is 9.95. The minimum Gasteiger partial charge on any atom is -0.338 e. The first-order valence-electron chi connectivity index (χ1n) is 10.6. The van der Waals surface area contributed by atoms with E-state index in [4.69, 9.17) is 4.52 Å². The van der Waals surface area contributed by atoms with Gasteiger partial charge in [-0.15, -0.1) is 0 Å². The van der Waals surface area contributed by atoms with Gasteiger partial charge in [-0.1, -0.05) is 19.0 Å². The number of hydrogen-bond acceptors (Lipinski definition) is 6. The van der Waals surface area contributed by atoms with E-state index < -0.39 is 10.0 Å². The molecular formula is C22H34N4O3S. The molecule has 0 unspecified atom stereocenters. The number of aromatic nitrogens is 2. The van der Waals surface area contributed by atoms with Crippen molar-refractivity contribution < 1.29 is 12.9 Å². The molecule has 1 aromatic carbocycles. The van der Waals surface area contributed by atoms with Crippen LogP contribution in [0.3, 0.4) is 0 Å². The third kappa shape index (κ3) is 3.92. The molecule has 1 aromatic heterocycles. The van der Waals surface area contributed by atoms with E-state index in [-0.39, 0.29) is 12.0 Å². The molecule has 0 spiro atoms. The second-order valence-corrected chi connectivity index (χ2v) is 10.6. The van der Waals surface area contributed by atoms with Crippen LogP contribution >= 0.6 is 0 Å². The van der Waals surface area contributed by atoms with Gasteiger partial charge >= 0.3 is 0 Å². The van der Waals surface area contributed by atoms with Crippen LogP contribution in [0.1, 0.15) is 72.3 Å². The van der Waals surface area contributed by atoms with Crippen molar-refractivity contribution in [1.29, 1.82) is 0 Å². The fraction of sp³-hybridized carbons (Fsp3) is 0.636. The van der Waals surface area contributed by atoms with Crippen molar-refractivity contribution in [2.45, 2.75) is 72.2 Å². The number of benzene rings is 1. The second-order valence-electron chi connectivity index (χ2n) is 8.72. The normalized spacial score (nSPS) is 17.6.